The van der Waals surface area contributed by atoms with Crippen molar-refractivity contribution < 1.29 is 9.59 Å². The highest BCUT2D eigenvalue weighted by molar-refractivity contribution is 5.97. The molecular formula is C21H28N8O2. The van der Waals surface area contributed by atoms with Crippen LogP contribution in [0.2, 0.25) is 0 Å². The van der Waals surface area contributed by atoms with Crippen LogP contribution in [0.25, 0.3) is 0 Å². The molecule has 1 aliphatic carbocycles. The van der Waals surface area contributed by atoms with Crippen LogP contribution in [-0.2, 0) is 4.79 Å². The largest absolute Gasteiger partial charge is 0.369 e. The molecule has 164 valence electrons. The van der Waals surface area contributed by atoms with Crippen molar-refractivity contribution in [1.82, 2.24) is 24.6 Å². The average Bonchev–Trinajstić information content (AvgIpc) is 3.49. The molecule has 4 rings (SSSR count). The van der Waals surface area contributed by atoms with Crippen LogP contribution in [0, 0.1) is 5.92 Å². The van der Waals surface area contributed by atoms with Gasteiger partial charge in [0.2, 0.25) is 11.9 Å². The smallest absolute Gasteiger partial charge is 0.254 e. The molecule has 3 heterocycles. The lowest BCUT2D eigenvalue weighted by atomic mass is 10.1. The third kappa shape index (κ3) is 5.19. The molecule has 2 aromatic rings. The Morgan fingerprint density at radius 1 is 1.29 bits per heavy atom. The van der Waals surface area contributed by atoms with Crippen molar-refractivity contribution in [2.45, 2.75) is 38.1 Å². The van der Waals surface area contributed by atoms with Crippen LogP contribution in [0.4, 0.5) is 17.5 Å². The zero-order valence-corrected chi connectivity index (χ0v) is 17.5. The number of rotatable bonds is 9. The highest BCUT2D eigenvalue weighted by atomic mass is 16.2. The van der Waals surface area contributed by atoms with Crippen LogP contribution < -0.4 is 16.4 Å². The maximum Gasteiger partial charge on any atom is 0.254 e. The minimum Gasteiger partial charge on any atom is -0.369 e. The summed E-state index contributed by atoms with van der Waals surface area (Å²) in [4.78, 5) is 34.1. The Morgan fingerprint density at radius 2 is 2.13 bits per heavy atom. The summed E-state index contributed by atoms with van der Waals surface area (Å²) in [7, 11) is 0. The molecule has 0 radical (unpaired) electrons. The Morgan fingerprint density at radius 3 is 2.87 bits per heavy atom. The summed E-state index contributed by atoms with van der Waals surface area (Å²) in [6.45, 7) is 5.65. The van der Waals surface area contributed by atoms with E-state index in [0.717, 1.165) is 44.0 Å². The van der Waals surface area contributed by atoms with Gasteiger partial charge in [0.15, 0.2) is 0 Å². The molecule has 0 bridgehead atoms. The third-order valence-corrected chi connectivity index (χ3v) is 5.71. The quantitative estimate of drug-likeness (QED) is 0.525. The first-order valence-corrected chi connectivity index (χ1v) is 10.7. The topological polar surface area (TPSA) is 131 Å². The summed E-state index contributed by atoms with van der Waals surface area (Å²) in [5, 5.41) is 10.8. The molecule has 0 spiro atoms. The monoisotopic (exact) mass is 424 g/mol. The van der Waals surface area contributed by atoms with Crippen LogP contribution in [0.15, 0.2) is 31.2 Å². The second-order valence-corrected chi connectivity index (χ2v) is 8.10. The number of nitrogens with zero attached hydrogens (tertiary/aromatic N) is 5. The Labute approximate surface area is 180 Å². The average molecular weight is 425 g/mol. The number of anilines is 3. The van der Waals surface area contributed by atoms with E-state index in [9.17, 15) is 9.59 Å². The van der Waals surface area contributed by atoms with E-state index in [1.807, 2.05) is 10.9 Å². The third-order valence-electron chi connectivity index (χ3n) is 5.71. The van der Waals surface area contributed by atoms with Gasteiger partial charge in [0.05, 0.1) is 23.5 Å². The summed E-state index contributed by atoms with van der Waals surface area (Å²) in [5.41, 5.74) is 6.46. The predicted octanol–water partition coefficient (Wildman–Crippen LogP) is 2.08. The van der Waals surface area contributed by atoms with E-state index in [2.05, 4.69) is 32.3 Å². The molecule has 1 aliphatic heterocycles. The molecule has 31 heavy (non-hydrogen) atoms. The summed E-state index contributed by atoms with van der Waals surface area (Å²) < 4.78 is 1.86. The van der Waals surface area contributed by atoms with Crippen molar-refractivity contribution in [2.75, 3.05) is 30.3 Å². The molecule has 4 N–H and O–H groups in total. The van der Waals surface area contributed by atoms with E-state index >= 15 is 0 Å². The van der Waals surface area contributed by atoms with Crippen LogP contribution in [0.3, 0.4) is 0 Å². The van der Waals surface area contributed by atoms with E-state index in [1.165, 1.54) is 25.1 Å². The van der Waals surface area contributed by atoms with Gasteiger partial charge in [-0.15, -0.1) is 0 Å². The molecule has 0 aromatic carbocycles. The molecule has 1 saturated carbocycles. The van der Waals surface area contributed by atoms with Crippen molar-refractivity contribution in [3.05, 3.63) is 36.8 Å². The maximum atomic E-state index is 11.9. The Bertz CT molecular complexity index is 968. The lowest BCUT2D eigenvalue weighted by Gasteiger charge is -2.32. The number of nitrogens with two attached hydrogens (primary N) is 1. The van der Waals surface area contributed by atoms with Crippen molar-refractivity contribution in [2.24, 2.45) is 11.7 Å². The van der Waals surface area contributed by atoms with Gasteiger partial charge in [-0.1, -0.05) is 19.4 Å². The van der Waals surface area contributed by atoms with E-state index < -0.39 is 5.91 Å². The first-order valence-electron chi connectivity index (χ1n) is 10.7. The van der Waals surface area contributed by atoms with E-state index in [1.54, 1.807) is 11.1 Å². The second-order valence-electron chi connectivity index (χ2n) is 8.10. The van der Waals surface area contributed by atoms with Gasteiger partial charge in [0.25, 0.3) is 5.91 Å². The molecular weight excluding hydrogens is 396 g/mol. The summed E-state index contributed by atoms with van der Waals surface area (Å²) in [6.07, 6.45) is 11.8. The lowest BCUT2D eigenvalue weighted by molar-refractivity contribution is -0.127. The number of aromatic nitrogens is 4. The van der Waals surface area contributed by atoms with E-state index in [-0.39, 0.29) is 17.5 Å². The fraction of sp³-hybridized carbons (Fsp3) is 0.476. The van der Waals surface area contributed by atoms with Gasteiger partial charge >= 0.3 is 0 Å². The first kappa shape index (κ1) is 20.8. The number of primary amides is 1. The highest BCUT2D eigenvalue weighted by Crippen LogP contribution is 2.32. The van der Waals surface area contributed by atoms with Crippen LogP contribution >= 0.6 is 0 Å². The number of nitrogens with one attached hydrogen (secondary N) is 2. The Kier molecular flexibility index (Phi) is 6.15. The van der Waals surface area contributed by atoms with Crippen LogP contribution in [0.1, 0.15) is 48.5 Å². The number of likely N-dealkylation sites (tertiary alicyclic amines) is 1. The van der Waals surface area contributed by atoms with Gasteiger partial charge < -0.3 is 21.3 Å². The van der Waals surface area contributed by atoms with Gasteiger partial charge in [0.1, 0.15) is 5.82 Å². The summed E-state index contributed by atoms with van der Waals surface area (Å²) in [6, 6.07) is 0.103. The number of carbonyl (C=O) groups excluding carboxylic acids is 2. The molecule has 2 fully saturated rings. The molecule has 10 heteroatoms. The van der Waals surface area contributed by atoms with Crippen molar-refractivity contribution in [3.63, 3.8) is 0 Å². The normalized spacial score (nSPS) is 18.5. The molecule has 1 atom stereocenters. The minimum atomic E-state index is -0.566. The standard InChI is InChI=1S/C21H28N8O2/c1-2-18(30)28-9-3-4-16(13-28)29-12-15(10-25-29)26-21-24-11-17(19(22)31)20(27-21)23-8-7-14-5-6-14/h2,10-12,14,16H,1,3-9,13H2,(H2,22,31)(H2,23,24,26,27). The molecule has 1 saturated heterocycles. The SMILES string of the molecule is C=CC(=O)N1CCCC(n2cc(Nc3ncc(C(N)=O)c(NCCC4CC4)n3)cn2)C1. The van der Waals surface area contributed by atoms with Gasteiger partial charge in [-0.25, -0.2) is 4.98 Å². The summed E-state index contributed by atoms with van der Waals surface area (Å²) in [5.74, 6) is 0.936. The van der Waals surface area contributed by atoms with Gasteiger partial charge in [-0.3, -0.25) is 14.3 Å². The molecule has 2 aliphatic rings. The van der Waals surface area contributed by atoms with Crippen molar-refractivity contribution in [3.8, 4) is 0 Å². The summed E-state index contributed by atoms with van der Waals surface area (Å²) >= 11 is 0. The van der Waals surface area contributed by atoms with Gasteiger partial charge in [0, 0.05) is 32.0 Å². The van der Waals surface area contributed by atoms with Gasteiger partial charge in [-0.2, -0.15) is 10.1 Å². The van der Waals surface area contributed by atoms with Crippen molar-refractivity contribution >= 4 is 29.3 Å². The minimum absolute atomic E-state index is 0.0557. The predicted molar refractivity (Wildman–Crippen MR) is 117 cm³/mol. The van der Waals surface area contributed by atoms with Crippen molar-refractivity contribution in [1.29, 1.82) is 0 Å². The van der Waals surface area contributed by atoms with Crippen LogP contribution in [0.5, 0.6) is 0 Å². The molecule has 2 amide bonds. The Hall–Kier alpha value is -3.43. The highest BCUT2D eigenvalue weighted by Gasteiger charge is 2.24. The fourth-order valence-electron chi connectivity index (χ4n) is 3.79. The molecule has 2 aromatic heterocycles. The lowest BCUT2D eigenvalue weighted by Crippen LogP contribution is -2.39. The first-order chi connectivity index (χ1) is 15.0. The molecule has 10 nitrogen and oxygen atoms in total. The number of hydrogen-bond acceptors (Lipinski definition) is 7. The van der Waals surface area contributed by atoms with Crippen LogP contribution in [-0.4, -0.2) is 56.1 Å². The van der Waals surface area contributed by atoms with E-state index in [4.69, 9.17) is 5.73 Å². The second kappa shape index (κ2) is 9.15. The van der Waals surface area contributed by atoms with Gasteiger partial charge in [-0.05, 0) is 31.3 Å². The number of piperidine rings is 1. The Balaban J connectivity index is 1.43. The van der Waals surface area contributed by atoms with E-state index in [0.29, 0.717) is 18.3 Å². The maximum absolute atomic E-state index is 11.9. The number of carbonyl (C=O) groups is 2. The number of amides is 2. The fourth-order valence-corrected chi connectivity index (χ4v) is 3.79. The molecule has 1 unspecified atom stereocenters. The number of hydrogen-bond donors (Lipinski definition) is 3. The zero-order valence-electron chi connectivity index (χ0n) is 17.5. The zero-order chi connectivity index (χ0) is 21.8.